The lowest BCUT2D eigenvalue weighted by Gasteiger charge is -2.33. The van der Waals surface area contributed by atoms with E-state index >= 15 is 0 Å². The summed E-state index contributed by atoms with van der Waals surface area (Å²) in [5.41, 5.74) is 9.23. The summed E-state index contributed by atoms with van der Waals surface area (Å²) in [7, 11) is -3.29. The predicted octanol–water partition coefficient (Wildman–Crippen LogP) is 2.59. The van der Waals surface area contributed by atoms with Crippen LogP contribution in [0.5, 0.6) is 5.88 Å². The molecule has 0 spiro atoms. The van der Waals surface area contributed by atoms with Gasteiger partial charge in [-0.05, 0) is 24.6 Å². The minimum Gasteiger partial charge on any atom is -0.493 e. The summed E-state index contributed by atoms with van der Waals surface area (Å²) in [6, 6.07) is 5.15. The van der Waals surface area contributed by atoms with Crippen molar-refractivity contribution in [3.05, 3.63) is 45.7 Å². The first kappa shape index (κ1) is 24.7. The second-order valence-electron chi connectivity index (χ2n) is 8.26. The van der Waals surface area contributed by atoms with E-state index in [9.17, 15) is 18.3 Å². The van der Waals surface area contributed by atoms with Crippen molar-refractivity contribution >= 4 is 50.0 Å². The number of sulfonamides is 1. The zero-order chi connectivity index (χ0) is 24.8. The smallest absolute Gasteiger partial charge is 0.242 e. The SMILES string of the molecule is Cc1nc2c(O)n(CC(=O)N3CCN(S(C)(=O)=O)CC3)cc2c(-c2ccc(Cl)cc2Cl)c1CN. The number of pyridine rings is 1. The minimum absolute atomic E-state index is 0.119. The number of hydrogen-bond acceptors (Lipinski definition) is 6. The van der Waals surface area contributed by atoms with E-state index in [2.05, 4.69) is 4.98 Å². The fourth-order valence-corrected chi connectivity index (χ4v) is 5.62. The largest absolute Gasteiger partial charge is 0.493 e. The molecule has 1 amide bonds. The third kappa shape index (κ3) is 4.60. The number of aromatic nitrogens is 2. The van der Waals surface area contributed by atoms with Crippen LogP contribution in [0.1, 0.15) is 11.3 Å². The van der Waals surface area contributed by atoms with Crippen LogP contribution in [0.3, 0.4) is 0 Å². The van der Waals surface area contributed by atoms with Gasteiger partial charge in [0.1, 0.15) is 12.1 Å². The number of aromatic hydroxyl groups is 1. The summed E-state index contributed by atoms with van der Waals surface area (Å²) in [5, 5.41) is 12.5. The van der Waals surface area contributed by atoms with Gasteiger partial charge in [0, 0.05) is 71.2 Å². The molecule has 34 heavy (non-hydrogen) atoms. The number of piperazine rings is 1. The highest BCUT2D eigenvalue weighted by molar-refractivity contribution is 7.88. The number of nitrogens with two attached hydrogens (primary N) is 1. The number of fused-ring (bicyclic) bond motifs is 1. The van der Waals surface area contributed by atoms with Gasteiger partial charge in [-0.3, -0.25) is 4.79 Å². The number of carbonyl (C=O) groups excluding carboxylic acids is 1. The van der Waals surface area contributed by atoms with Crippen molar-refractivity contribution in [2.24, 2.45) is 5.73 Å². The molecule has 1 saturated heterocycles. The van der Waals surface area contributed by atoms with Gasteiger partial charge in [-0.25, -0.2) is 13.4 Å². The zero-order valence-electron chi connectivity index (χ0n) is 18.8. The Bertz CT molecular complexity index is 1380. The molecule has 0 atom stereocenters. The lowest BCUT2D eigenvalue weighted by atomic mass is 9.96. The van der Waals surface area contributed by atoms with Gasteiger partial charge in [0.25, 0.3) is 0 Å². The zero-order valence-corrected chi connectivity index (χ0v) is 21.1. The van der Waals surface area contributed by atoms with Crippen molar-refractivity contribution < 1.29 is 18.3 Å². The fourth-order valence-electron chi connectivity index (χ4n) is 4.29. The van der Waals surface area contributed by atoms with Crippen LogP contribution in [0.2, 0.25) is 10.0 Å². The maximum atomic E-state index is 12.9. The number of carbonyl (C=O) groups is 1. The number of aryl methyl sites for hydroxylation is 1. The van der Waals surface area contributed by atoms with Gasteiger partial charge < -0.3 is 20.3 Å². The monoisotopic (exact) mass is 525 g/mol. The maximum Gasteiger partial charge on any atom is 0.242 e. The Balaban J connectivity index is 1.71. The van der Waals surface area contributed by atoms with Crippen molar-refractivity contribution in [3.8, 4) is 17.0 Å². The highest BCUT2D eigenvalue weighted by Gasteiger charge is 2.27. The van der Waals surface area contributed by atoms with Gasteiger partial charge >= 0.3 is 0 Å². The number of rotatable bonds is 5. The van der Waals surface area contributed by atoms with Crippen LogP contribution in [-0.2, 0) is 27.9 Å². The number of amides is 1. The fraction of sp³-hybridized carbons (Fsp3) is 0.364. The first-order valence-corrected chi connectivity index (χ1v) is 13.2. The Kier molecular flexibility index (Phi) is 6.80. The molecule has 0 radical (unpaired) electrons. The average molecular weight is 526 g/mol. The summed E-state index contributed by atoms with van der Waals surface area (Å²) < 4.78 is 26.2. The first-order valence-electron chi connectivity index (χ1n) is 10.6. The standard InChI is InChI=1S/C22H25Cl2N5O4S/c1-13-16(10-25)20(15-4-3-14(23)9-18(15)24)17-11-28(22(31)21(17)26-13)12-19(30)27-5-7-29(8-6-27)34(2,32)33/h3-4,9,11,31H,5-8,10,12,25H2,1-2H3. The Morgan fingerprint density at radius 3 is 2.47 bits per heavy atom. The number of benzene rings is 1. The van der Waals surface area contributed by atoms with E-state index in [1.54, 1.807) is 36.2 Å². The summed E-state index contributed by atoms with van der Waals surface area (Å²) in [4.78, 5) is 19.1. The van der Waals surface area contributed by atoms with Crippen LogP contribution in [0.25, 0.3) is 22.0 Å². The molecule has 1 aliphatic rings. The molecule has 1 fully saturated rings. The van der Waals surface area contributed by atoms with Crippen molar-refractivity contribution in [1.29, 1.82) is 0 Å². The molecule has 3 aromatic rings. The van der Waals surface area contributed by atoms with Gasteiger partial charge in [0.15, 0.2) is 0 Å². The molecule has 9 nitrogen and oxygen atoms in total. The van der Waals surface area contributed by atoms with Crippen LogP contribution in [0.15, 0.2) is 24.4 Å². The summed E-state index contributed by atoms with van der Waals surface area (Å²) in [5.74, 6) is -0.373. The van der Waals surface area contributed by atoms with E-state index in [4.69, 9.17) is 28.9 Å². The molecule has 1 aromatic carbocycles. The predicted molar refractivity (Wildman–Crippen MR) is 132 cm³/mol. The lowest BCUT2D eigenvalue weighted by Crippen LogP contribution is -2.50. The first-order chi connectivity index (χ1) is 16.0. The summed E-state index contributed by atoms with van der Waals surface area (Å²) in [6.45, 7) is 2.94. The third-order valence-corrected chi connectivity index (χ3v) is 7.93. The van der Waals surface area contributed by atoms with Crippen LogP contribution < -0.4 is 5.73 Å². The average Bonchev–Trinajstić information content (AvgIpc) is 3.07. The highest BCUT2D eigenvalue weighted by Crippen LogP contribution is 2.40. The second kappa shape index (κ2) is 9.35. The van der Waals surface area contributed by atoms with E-state index in [0.29, 0.717) is 32.2 Å². The molecule has 0 aliphatic carbocycles. The van der Waals surface area contributed by atoms with Gasteiger partial charge in [-0.2, -0.15) is 4.31 Å². The number of nitrogens with zero attached hydrogens (tertiary/aromatic N) is 4. The maximum absolute atomic E-state index is 12.9. The number of halogens is 2. The summed E-state index contributed by atoms with van der Waals surface area (Å²) in [6.07, 6.45) is 2.82. The Morgan fingerprint density at radius 1 is 1.21 bits per heavy atom. The molecule has 182 valence electrons. The molecule has 0 bridgehead atoms. The van der Waals surface area contributed by atoms with Crippen molar-refractivity contribution in [3.63, 3.8) is 0 Å². The third-order valence-electron chi connectivity index (χ3n) is 6.08. The lowest BCUT2D eigenvalue weighted by molar-refractivity contribution is -0.133. The molecule has 3 heterocycles. The molecule has 2 aromatic heterocycles. The van der Waals surface area contributed by atoms with E-state index in [-0.39, 0.29) is 51.1 Å². The van der Waals surface area contributed by atoms with Gasteiger partial charge in [-0.15, -0.1) is 0 Å². The number of hydrogen-bond donors (Lipinski definition) is 2. The van der Waals surface area contributed by atoms with Crippen molar-refractivity contribution in [1.82, 2.24) is 18.8 Å². The van der Waals surface area contributed by atoms with E-state index in [1.807, 2.05) is 0 Å². The van der Waals surface area contributed by atoms with Crippen LogP contribution >= 0.6 is 23.2 Å². The second-order valence-corrected chi connectivity index (χ2v) is 11.1. The molecular weight excluding hydrogens is 501 g/mol. The molecule has 4 rings (SSSR count). The van der Waals surface area contributed by atoms with Crippen LogP contribution in [0, 0.1) is 6.92 Å². The van der Waals surface area contributed by atoms with Gasteiger partial charge in [-0.1, -0.05) is 29.3 Å². The van der Waals surface area contributed by atoms with Crippen molar-refractivity contribution in [2.75, 3.05) is 32.4 Å². The molecule has 0 unspecified atom stereocenters. The normalized spacial score (nSPS) is 15.3. The van der Waals surface area contributed by atoms with Gasteiger partial charge in [0.05, 0.1) is 6.26 Å². The Hall–Kier alpha value is -2.37. The minimum atomic E-state index is -3.29. The van der Waals surface area contributed by atoms with Crippen LogP contribution in [0.4, 0.5) is 0 Å². The summed E-state index contributed by atoms with van der Waals surface area (Å²) >= 11 is 12.6. The Labute approximate surface area is 207 Å². The molecule has 12 heteroatoms. The molecule has 3 N–H and O–H groups in total. The molecular formula is C22H25Cl2N5O4S. The van der Waals surface area contributed by atoms with E-state index in [1.165, 1.54) is 8.87 Å². The highest BCUT2D eigenvalue weighted by atomic mass is 35.5. The topological polar surface area (TPSA) is 122 Å². The van der Waals surface area contributed by atoms with Crippen LogP contribution in [-0.4, -0.2) is 70.6 Å². The van der Waals surface area contributed by atoms with E-state index in [0.717, 1.165) is 17.4 Å². The quantitative estimate of drug-likeness (QED) is 0.527. The Morgan fingerprint density at radius 2 is 1.88 bits per heavy atom. The van der Waals surface area contributed by atoms with Crippen molar-refractivity contribution in [2.45, 2.75) is 20.0 Å². The molecule has 1 aliphatic heterocycles. The molecule has 0 saturated carbocycles. The van der Waals surface area contributed by atoms with E-state index < -0.39 is 10.0 Å². The van der Waals surface area contributed by atoms with Gasteiger partial charge in [0.2, 0.25) is 21.8 Å².